The van der Waals surface area contributed by atoms with Gasteiger partial charge in [0.25, 0.3) is 0 Å². The zero-order valence-electron chi connectivity index (χ0n) is 15.8. The van der Waals surface area contributed by atoms with Gasteiger partial charge in [-0.25, -0.2) is 18.4 Å². The summed E-state index contributed by atoms with van der Waals surface area (Å²) in [4.78, 5) is 12.1. The Bertz CT molecular complexity index is 1080. The van der Waals surface area contributed by atoms with Crippen LogP contribution in [0.25, 0.3) is 0 Å². The second-order valence-corrected chi connectivity index (χ2v) is 8.07. The summed E-state index contributed by atoms with van der Waals surface area (Å²) in [6.45, 7) is 2.07. The van der Waals surface area contributed by atoms with Crippen LogP contribution in [0.15, 0.2) is 83.8 Å². The van der Waals surface area contributed by atoms with Gasteiger partial charge in [-0.3, -0.25) is 0 Å². The van der Waals surface area contributed by atoms with E-state index in [-0.39, 0.29) is 10.9 Å². The number of rotatable bonds is 6. The Labute approximate surface area is 170 Å². The fourth-order valence-electron chi connectivity index (χ4n) is 2.77. The first-order valence-corrected chi connectivity index (χ1v) is 10.5. The third kappa shape index (κ3) is 5.81. The normalized spacial score (nSPS) is 12.1. The number of primary sulfonamides is 1. The molecule has 3 aromatic carbocycles. The number of amides is 2. The molecule has 29 heavy (non-hydrogen) atoms. The van der Waals surface area contributed by atoms with E-state index in [1.807, 2.05) is 30.3 Å². The van der Waals surface area contributed by atoms with E-state index in [9.17, 15) is 13.2 Å². The molecule has 1 unspecified atom stereocenters. The maximum absolute atomic E-state index is 12.2. The lowest BCUT2D eigenvalue weighted by atomic mass is 10.1. The Morgan fingerprint density at radius 2 is 1.45 bits per heavy atom. The van der Waals surface area contributed by atoms with E-state index < -0.39 is 16.1 Å². The minimum absolute atomic E-state index is 0.0711. The zero-order valence-corrected chi connectivity index (χ0v) is 16.6. The summed E-state index contributed by atoms with van der Waals surface area (Å²) in [6, 6.07) is 22.8. The van der Waals surface area contributed by atoms with Crippen LogP contribution in [0.2, 0.25) is 0 Å². The van der Waals surface area contributed by atoms with Crippen molar-refractivity contribution in [2.24, 2.45) is 5.14 Å². The van der Waals surface area contributed by atoms with Crippen molar-refractivity contribution in [3.8, 4) is 0 Å². The van der Waals surface area contributed by atoms with E-state index in [0.717, 1.165) is 5.69 Å². The second kappa shape index (κ2) is 8.76. The third-order valence-corrected chi connectivity index (χ3v) is 5.16. The maximum atomic E-state index is 12.2. The molecular formula is C21H22N4O3S. The fraction of sp³-hybridized carbons (Fsp3) is 0.0952. The predicted octanol–water partition coefficient (Wildman–Crippen LogP) is 4.15. The Kier molecular flexibility index (Phi) is 6.16. The number of benzene rings is 3. The summed E-state index contributed by atoms with van der Waals surface area (Å²) in [6.07, 6.45) is 0. The number of sulfonamides is 1. The lowest BCUT2D eigenvalue weighted by Crippen LogP contribution is -2.20. The predicted molar refractivity (Wildman–Crippen MR) is 115 cm³/mol. The first-order valence-electron chi connectivity index (χ1n) is 8.94. The van der Waals surface area contributed by atoms with Gasteiger partial charge in [-0.2, -0.15) is 0 Å². The van der Waals surface area contributed by atoms with Crippen molar-refractivity contribution in [1.82, 2.24) is 0 Å². The Hall–Kier alpha value is -3.36. The van der Waals surface area contributed by atoms with E-state index in [1.54, 1.807) is 18.2 Å². The summed E-state index contributed by atoms with van der Waals surface area (Å²) in [5.41, 5.74) is 3.02. The van der Waals surface area contributed by atoms with E-state index in [1.165, 1.54) is 23.8 Å². The number of nitrogens with two attached hydrogens (primary N) is 1. The van der Waals surface area contributed by atoms with Crippen LogP contribution < -0.4 is 21.1 Å². The Morgan fingerprint density at radius 3 is 2.10 bits per heavy atom. The van der Waals surface area contributed by atoms with Crippen molar-refractivity contribution in [2.45, 2.75) is 17.9 Å². The summed E-state index contributed by atoms with van der Waals surface area (Å²) >= 11 is 0. The molecule has 0 aliphatic heterocycles. The van der Waals surface area contributed by atoms with Gasteiger partial charge < -0.3 is 16.0 Å². The van der Waals surface area contributed by atoms with Crippen LogP contribution in [0.5, 0.6) is 0 Å². The highest BCUT2D eigenvalue weighted by Crippen LogP contribution is 2.21. The summed E-state index contributed by atoms with van der Waals surface area (Å²) in [7, 11) is -3.83. The van der Waals surface area contributed by atoms with E-state index >= 15 is 0 Å². The minimum atomic E-state index is -3.83. The molecule has 3 rings (SSSR count). The van der Waals surface area contributed by atoms with Gasteiger partial charge in [0.1, 0.15) is 0 Å². The molecule has 0 saturated heterocycles. The van der Waals surface area contributed by atoms with Crippen molar-refractivity contribution in [3.63, 3.8) is 0 Å². The van der Waals surface area contributed by atoms with Gasteiger partial charge in [0.2, 0.25) is 10.0 Å². The fourth-order valence-corrected chi connectivity index (χ4v) is 3.33. The largest absolute Gasteiger partial charge is 0.379 e. The van der Waals surface area contributed by atoms with Crippen molar-refractivity contribution in [3.05, 3.63) is 84.4 Å². The number of anilines is 3. The zero-order chi connectivity index (χ0) is 20.9. The number of urea groups is 1. The Balaban J connectivity index is 1.59. The minimum Gasteiger partial charge on any atom is -0.379 e. The first kappa shape index (κ1) is 20.4. The first-order chi connectivity index (χ1) is 13.8. The van der Waals surface area contributed by atoms with Gasteiger partial charge in [-0.1, -0.05) is 36.4 Å². The molecule has 0 spiro atoms. The molecule has 8 heteroatoms. The van der Waals surface area contributed by atoms with Crippen molar-refractivity contribution in [1.29, 1.82) is 0 Å². The van der Waals surface area contributed by atoms with Gasteiger partial charge in [-0.05, 0) is 55.0 Å². The average Bonchev–Trinajstić information content (AvgIpc) is 2.69. The van der Waals surface area contributed by atoms with Crippen LogP contribution >= 0.6 is 0 Å². The SMILES string of the molecule is CC(Nc1ccc(NC(=O)Nc2cccc(S(N)(=O)=O)c2)cc1)c1ccccc1. The average molecular weight is 410 g/mol. The van der Waals surface area contributed by atoms with Gasteiger partial charge in [0.05, 0.1) is 4.90 Å². The number of carbonyl (C=O) groups is 1. The van der Waals surface area contributed by atoms with E-state index in [2.05, 4.69) is 35.0 Å². The standard InChI is InChI=1S/C21H22N4O3S/c1-15(16-6-3-2-4-7-16)23-17-10-12-18(13-11-17)24-21(26)25-19-8-5-9-20(14-19)29(22,27)28/h2-15,23H,1H3,(H2,22,27,28)(H2,24,25,26). The molecule has 0 heterocycles. The molecule has 0 fully saturated rings. The highest BCUT2D eigenvalue weighted by Gasteiger charge is 2.10. The smallest absolute Gasteiger partial charge is 0.323 e. The molecule has 5 N–H and O–H groups in total. The molecule has 0 saturated carbocycles. The van der Waals surface area contributed by atoms with Crippen molar-refractivity contribution < 1.29 is 13.2 Å². The quantitative estimate of drug-likeness (QED) is 0.489. The van der Waals surface area contributed by atoms with E-state index in [4.69, 9.17) is 5.14 Å². The number of hydrogen-bond acceptors (Lipinski definition) is 4. The van der Waals surface area contributed by atoms with Crippen LogP contribution in [0, 0.1) is 0 Å². The molecule has 1 atom stereocenters. The molecule has 0 bridgehead atoms. The molecule has 2 amide bonds. The van der Waals surface area contributed by atoms with E-state index in [0.29, 0.717) is 11.4 Å². The van der Waals surface area contributed by atoms with Gasteiger partial charge in [-0.15, -0.1) is 0 Å². The van der Waals surface area contributed by atoms with Crippen LogP contribution in [-0.4, -0.2) is 14.4 Å². The monoisotopic (exact) mass is 410 g/mol. The lowest BCUT2D eigenvalue weighted by Gasteiger charge is -2.16. The van der Waals surface area contributed by atoms with Crippen LogP contribution in [0.4, 0.5) is 21.9 Å². The van der Waals surface area contributed by atoms with Crippen molar-refractivity contribution in [2.75, 3.05) is 16.0 Å². The topological polar surface area (TPSA) is 113 Å². The molecule has 0 aromatic heterocycles. The van der Waals surface area contributed by atoms with Crippen molar-refractivity contribution >= 4 is 33.1 Å². The highest BCUT2D eigenvalue weighted by atomic mass is 32.2. The van der Waals surface area contributed by atoms with Gasteiger partial charge >= 0.3 is 6.03 Å². The van der Waals surface area contributed by atoms with Gasteiger partial charge in [0, 0.05) is 23.1 Å². The number of nitrogens with one attached hydrogen (secondary N) is 3. The second-order valence-electron chi connectivity index (χ2n) is 6.51. The third-order valence-electron chi connectivity index (χ3n) is 4.25. The number of carbonyl (C=O) groups excluding carboxylic acids is 1. The molecule has 0 aliphatic carbocycles. The maximum Gasteiger partial charge on any atom is 0.323 e. The summed E-state index contributed by atoms with van der Waals surface area (Å²) < 4.78 is 22.8. The van der Waals surface area contributed by atoms with Gasteiger partial charge in [0.15, 0.2) is 0 Å². The molecule has 0 aliphatic rings. The summed E-state index contributed by atoms with van der Waals surface area (Å²) in [5.74, 6) is 0. The van der Waals surface area contributed by atoms with Crippen LogP contribution in [0.1, 0.15) is 18.5 Å². The molecule has 3 aromatic rings. The molecule has 0 radical (unpaired) electrons. The van der Waals surface area contributed by atoms with Crippen LogP contribution in [0.3, 0.4) is 0 Å². The molecule has 7 nitrogen and oxygen atoms in total. The summed E-state index contributed by atoms with van der Waals surface area (Å²) in [5, 5.41) is 13.8. The van der Waals surface area contributed by atoms with Crippen LogP contribution in [-0.2, 0) is 10.0 Å². The molecular weight excluding hydrogens is 388 g/mol. The highest BCUT2D eigenvalue weighted by molar-refractivity contribution is 7.89. The lowest BCUT2D eigenvalue weighted by molar-refractivity contribution is 0.262. The molecule has 150 valence electrons. The Morgan fingerprint density at radius 1 is 0.828 bits per heavy atom. The number of hydrogen-bond donors (Lipinski definition) is 4.